The maximum atomic E-state index is 11.4. The molecule has 1 N–H and O–H groups in total. The molecule has 1 rings (SSSR count). The number of carbonyl (C=O) groups excluding carboxylic acids is 1. The summed E-state index contributed by atoms with van der Waals surface area (Å²) in [5.41, 5.74) is 7.07. The van der Waals surface area contributed by atoms with Crippen LogP contribution in [0.4, 0.5) is 0 Å². The summed E-state index contributed by atoms with van der Waals surface area (Å²) in [5.74, 6) is -0.343. The van der Waals surface area contributed by atoms with E-state index in [1.54, 1.807) is 0 Å². The average molecular weight is 224 g/mol. The van der Waals surface area contributed by atoms with Crippen molar-refractivity contribution in [1.29, 1.82) is 0 Å². The van der Waals surface area contributed by atoms with Crippen molar-refractivity contribution in [3.05, 3.63) is 0 Å². The standard InChI is InChI=1S/C14H26NO/c1-14(13(15)16)11-9-7-5-3-2-4-6-8-10-12-14/h15H,2-12H2,1H3. The van der Waals surface area contributed by atoms with E-state index >= 15 is 0 Å². The Morgan fingerprint density at radius 2 is 1.12 bits per heavy atom. The first-order valence-electron chi connectivity index (χ1n) is 6.91. The molecule has 2 heteroatoms. The lowest BCUT2D eigenvalue weighted by Crippen LogP contribution is -2.28. The first-order valence-corrected chi connectivity index (χ1v) is 6.91. The Kier molecular flexibility index (Phi) is 5.86. The highest BCUT2D eigenvalue weighted by Crippen LogP contribution is 2.32. The minimum atomic E-state index is -0.348. The summed E-state index contributed by atoms with van der Waals surface area (Å²) in [6.45, 7) is 1.99. The summed E-state index contributed by atoms with van der Waals surface area (Å²) in [6.07, 6.45) is 13.3. The Balaban J connectivity index is 2.45. The Bertz CT molecular complexity index is 201. The van der Waals surface area contributed by atoms with E-state index in [0.717, 1.165) is 25.7 Å². The van der Waals surface area contributed by atoms with Crippen LogP contribution in [0, 0.1) is 5.41 Å². The van der Waals surface area contributed by atoms with E-state index < -0.39 is 0 Å². The number of carbonyl (C=O) groups is 1. The van der Waals surface area contributed by atoms with Crippen molar-refractivity contribution in [3.8, 4) is 0 Å². The smallest absolute Gasteiger partial charge is 0.244 e. The van der Waals surface area contributed by atoms with Gasteiger partial charge in [-0.2, -0.15) is 0 Å². The van der Waals surface area contributed by atoms with Crippen molar-refractivity contribution in [2.45, 2.75) is 77.6 Å². The maximum Gasteiger partial charge on any atom is 0.244 e. The second-order valence-corrected chi connectivity index (χ2v) is 5.57. The molecule has 16 heavy (non-hydrogen) atoms. The van der Waals surface area contributed by atoms with Gasteiger partial charge in [-0.3, -0.25) is 10.5 Å². The molecule has 0 aliphatic heterocycles. The molecule has 1 radical (unpaired) electrons. The first-order chi connectivity index (χ1) is 7.65. The molecule has 0 aromatic rings. The van der Waals surface area contributed by atoms with Gasteiger partial charge in [0.2, 0.25) is 5.91 Å². The summed E-state index contributed by atoms with van der Waals surface area (Å²) >= 11 is 0. The Morgan fingerprint density at radius 1 is 0.812 bits per heavy atom. The van der Waals surface area contributed by atoms with Gasteiger partial charge in [0, 0.05) is 5.41 Å². The predicted molar refractivity (Wildman–Crippen MR) is 67.0 cm³/mol. The van der Waals surface area contributed by atoms with E-state index in [1.807, 2.05) is 6.92 Å². The zero-order chi connectivity index (χ0) is 11.9. The van der Waals surface area contributed by atoms with E-state index in [0.29, 0.717) is 0 Å². The molecular formula is C14H26NO. The highest BCUT2D eigenvalue weighted by Gasteiger charge is 2.30. The van der Waals surface area contributed by atoms with Crippen LogP contribution >= 0.6 is 0 Å². The third-order valence-electron chi connectivity index (χ3n) is 4.01. The number of nitrogens with one attached hydrogen (secondary N) is 1. The summed E-state index contributed by atoms with van der Waals surface area (Å²) < 4.78 is 0. The van der Waals surface area contributed by atoms with E-state index in [9.17, 15) is 4.79 Å². The second-order valence-electron chi connectivity index (χ2n) is 5.57. The predicted octanol–water partition coefficient (Wildman–Crippen LogP) is 4.11. The van der Waals surface area contributed by atoms with Crippen LogP contribution in [0.1, 0.15) is 77.6 Å². The van der Waals surface area contributed by atoms with Crippen molar-refractivity contribution in [3.63, 3.8) is 0 Å². The summed E-state index contributed by atoms with van der Waals surface area (Å²) in [7, 11) is 0. The molecule has 93 valence electrons. The molecule has 0 spiro atoms. The molecule has 1 aliphatic carbocycles. The third-order valence-corrected chi connectivity index (χ3v) is 4.01. The largest absolute Gasteiger partial charge is 0.273 e. The van der Waals surface area contributed by atoms with Crippen LogP contribution in [-0.2, 0) is 4.79 Å². The van der Waals surface area contributed by atoms with E-state index in [2.05, 4.69) is 0 Å². The van der Waals surface area contributed by atoms with Gasteiger partial charge in [0.25, 0.3) is 0 Å². The fourth-order valence-electron chi connectivity index (χ4n) is 2.62. The van der Waals surface area contributed by atoms with Crippen LogP contribution in [0.15, 0.2) is 0 Å². The van der Waals surface area contributed by atoms with Crippen LogP contribution in [-0.4, -0.2) is 5.91 Å². The van der Waals surface area contributed by atoms with Crippen LogP contribution in [0.3, 0.4) is 0 Å². The second kappa shape index (κ2) is 6.93. The lowest BCUT2D eigenvalue weighted by atomic mass is 9.79. The van der Waals surface area contributed by atoms with Crippen molar-refractivity contribution in [2.24, 2.45) is 5.41 Å². The van der Waals surface area contributed by atoms with E-state index in [1.165, 1.54) is 44.9 Å². The van der Waals surface area contributed by atoms with Gasteiger partial charge in [0.05, 0.1) is 0 Å². The van der Waals surface area contributed by atoms with Gasteiger partial charge in [-0.25, -0.2) is 0 Å². The van der Waals surface area contributed by atoms with Crippen molar-refractivity contribution < 1.29 is 4.79 Å². The SMILES string of the molecule is CC1(C([NH])=O)CCCCCCCCCCC1. The molecule has 1 saturated carbocycles. The highest BCUT2D eigenvalue weighted by atomic mass is 16.1. The van der Waals surface area contributed by atoms with Crippen LogP contribution < -0.4 is 5.73 Å². The van der Waals surface area contributed by atoms with Gasteiger partial charge >= 0.3 is 0 Å². The molecule has 0 atom stereocenters. The molecule has 0 saturated heterocycles. The van der Waals surface area contributed by atoms with Gasteiger partial charge < -0.3 is 0 Å². The summed E-state index contributed by atoms with van der Waals surface area (Å²) in [5, 5.41) is 0. The monoisotopic (exact) mass is 224 g/mol. The van der Waals surface area contributed by atoms with Gasteiger partial charge in [-0.05, 0) is 12.8 Å². The molecule has 0 bridgehead atoms. The Morgan fingerprint density at radius 3 is 1.44 bits per heavy atom. The van der Waals surface area contributed by atoms with Crippen molar-refractivity contribution in [2.75, 3.05) is 0 Å². The topological polar surface area (TPSA) is 40.9 Å². The molecular weight excluding hydrogens is 198 g/mol. The van der Waals surface area contributed by atoms with Gasteiger partial charge in [0.15, 0.2) is 0 Å². The highest BCUT2D eigenvalue weighted by molar-refractivity contribution is 5.79. The van der Waals surface area contributed by atoms with Gasteiger partial charge in [0.1, 0.15) is 0 Å². The molecule has 0 aromatic carbocycles. The summed E-state index contributed by atoms with van der Waals surface area (Å²) in [4.78, 5) is 11.4. The van der Waals surface area contributed by atoms with Crippen LogP contribution in [0.2, 0.25) is 0 Å². The average Bonchev–Trinajstić information content (AvgIpc) is 2.23. The lowest BCUT2D eigenvalue weighted by molar-refractivity contribution is -0.128. The first kappa shape index (κ1) is 13.5. The third kappa shape index (κ3) is 4.54. The van der Waals surface area contributed by atoms with E-state index in [-0.39, 0.29) is 11.3 Å². The maximum absolute atomic E-state index is 11.4. The van der Waals surface area contributed by atoms with Gasteiger partial charge in [-0.1, -0.05) is 64.7 Å². The lowest BCUT2D eigenvalue weighted by Gasteiger charge is -2.25. The van der Waals surface area contributed by atoms with Gasteiger partial charge in [-0.15, -0.1) is 0 Å². The number of hydrogen-bond donors (Lipinski definition) is 0. The quantitative estimate of drug-likeness (QED) is 0.661. The summed E-state index contributed by atoms with van der Waals surface area (Å²) in [6, 6.07) is 0. The van der Waals surface area contributed by atoms with Crippen molar-refractivity contribution in [1.82, 2.24) is 5.73 Å². The zero-order valence-corrected chi connectivity index (χ0v) is 10.7. The molecule has 1 amide bonds. The van der Waals surface area contributed by atoms with Crippen LogP contribution in [0.5, 0.6) is 0 Å². The van der Waals surface area contributed by atoms with E-state index in [4.69, 9.17) is 5.73 Å². The van der Waals surface area contributed by atoms with Crippen LogP contribution in [0.25, 0.3) is 0 Å². The minimum Gasteiger partial charge on any atom is -0.273 e. The Labute approximate surface area is 100.0 Å². The fourth-order valence-corrected chi connectivity index (χ4v) is 2.62. The fraction of sp³-hybridized carbons (Fsp3) is 0.929. The zero-order valence-electron chi connectivity index (χ0n) is 10.7. The number of rotatable bonds is 1. The molecule has 0 heterocycles. The minimum absolute atomic E-state index is 0.343. The molecule has 2 nitrogen and oxygen atoms in total. The number of hydrogen-bond acceptors (Lipinski definition) is 1. The molecule has 1 fully saturated rings. The number of amides is 1. The van der Waals surface area contributed by atoms with Crippen molar-refractivity contribution >= 4 is 5.91 Å². The molecule has 0 unspecified atom stereocenters. The normalized spacial score (nSPS) is 24.1. The molecule has 0 aromatic heterocycles. The molecule has 1 aliphatic rings. The Hall–Kier alpha value is -0.530.